The molecule has 7 heteroatoms. The number of nitrogens with two attached hydrogens (primary N) is 1. The van der Waals surface area contributed by atoms with Crippen LogP contribution in [-0.2, 0) is 5.54 Å². The van der Waals surface area contributed by atoms with Gasteiger partial charge in [0.25, 0.3) is 0 Å². The molecule has 1 saturated carbocycles. The second-order valence-electron chi connectivity index (χ2n) is 6.68. The average Bonchev–Trinajstić information content (AvgIpc) is 2.54. The third-order valence-electron chi connectivity index (χ3n) is 5.18. The SMILES string of the molecule is CN(C)C1(c2ccccc2)CCC(C#N)(N(N)CC(F)(F)F)CC1. The molecule has 1 fully saturated rings. The van der Waals surface area contributed by atoms with Crippen molar-refractivity contribution >= 4 is 0 Å². The van der Waals surface area contributed by atoms with Crippen molar-refractivity contribution in [3.63, 3.8) is 0 Å². The van der Waals surface area contributed by atoms with Crippen molar-refractivity contribution in [3.05, 3.63) is 35.9 Å². The molecule has 4 nitrogen and oxygen atoms in total. The predicted molar refractivity (Wildman–Crippen MR) is 85.6 cm³/mol. The molecule has 1 aliphatic rings. The van der Waals surface area contributed by atoms with Crippen molar-refractivity contribution in [2.24, 2.45) is 5.84 Å². The molecule has 132 valence electrons. The van der Waals surface area contributed by atoms with E-state index in [-0.39, 0.29) is 5.54 Å². The van der Waals surface area contributed by atoms with Crippen LogP contribution in [0, 0.1) is 11.3 Å². The highest BCUT2D eigenvalue weighted by Crippen LogP contribution is 2.46. The lowest BCUT2D eigenvalue weighted by atomic mass is 9.69. The summed E-state index contributed by atoms with van der Waals surface area (Å²) in [7, 11) is 3.92. The predicted octanol–water partition coefficient (Wildman–Crippen LogP) is 3.02. The molecule has 1 aromatic rings. The lowest BCUT2D eigenvalue weighted by Crippen LogP contribution is -2.59. The molecule has 1 aromatic carbocycles. The summed E-state index contributed by atoms with van der Waals surface area (Å²) in [6, 6.07) is 11.9. The zero-order valence-electron chi connectivity index (χ0n) is 14.0. The van der Waals surface area contributed by atoms with Crippen molar-refractivity contribution in [3.8, 4) is 6.07 Å². The van der Waals surface area contributed by atoms with Crippen LogP contribution in [0.5, 0.6) is 0 Å². The van der Waals surface area contributed by atoms with Crippen LogP contribution in [0.25, 0.3) is 0 Å². The van der Waals surface area contributed by atoms with Gasteiger partial charge in [0.15, 0.2) is 0 Å². The summed E-state index contributed by atoms with van der Waals surface area (Å²) in [5, 5.41) is 10.2. The number of nitriles is 1. The fourth-order valence-electron chi connectivity index (χ4n) is 3.63. The van der Waals surface area contributed by atoms with Gasteiger partial charge in [-0.25, -0.2) is 5.01 Å². The van der Waals surface area contributed by atoms with Crippen molar-refractivity contribution in [1.82, 2.24) is 9.91 Å². The molecule has 0 aromatic heterocycles. The minimum Gasteiger partial charge on any atom is -0.300 e. The molecular formula is C17H23F3N4. The summed E-state index contributed by atoms with van der Waals surface area (Å²) >= 11 is 0. The van der Waals surface area contributed by atoms with E-state index in [1.165, 1.54) is 0 Å². The highest BCUT2D eigenvalue weighted by Gasteiger charge is 2.49. The van der Waals surface area contributed by atoms with E-state index in [2.05, 4.69) is 11.0 Å². The molecule has 1 aliphatic carbocycles. The Morgan fingerprint density at radius 1 is 1.12 bits per heavy atom. The number of hydrogen-bond acceptors (Lipinski definition) is 4. The molecule has 0 spiro atoms. The minimum absolute atomic E-state index is 0.291. The van der Waals surface area contributed by atoms with Crippen LogP contribution in [0.15, 0.2) is 30.3 Å². The summed E-state index contributed by atoms with van der Waals surface area (Å²) in [6.45, 7) is -1.28. The average molecular weight is 340 g/mol. The first kappa shape index (κ1) is 18.7. The second kappa shape index (κ2) is 6.71. The normalized spacial score (nSPS) is 28.1. The summed E-state index contributed by atoms with van der Waals surface area (Å²) in [6.07, 6.45) is -2.69. The van der Waals surface area contributed by atoms with Crippen LogP contribution < -0.4 is 5.84 Å². The van der Waals surface area contributed by atoms with Crippen molar-refractivity contribution in [1.29, 1.82) is 5.26 Å². The fourth-order valence-corrected chi connectivity index (χ4v) is 3.63. The van der Waals surface area contributed by atoms with Gasteiger partial charge in [-0.05, 0) is 45.3 Å². The van der Waals surface area contributed by atoms with E-state index in [0.717, 1.165) is 5.56 Å². The standard InChI is InChI=1S/C17H23F3N4/c1-23(2)16(14-6-4-3-5-7-14)10-8-15(12-21,9-11-16)24(22)13-17(18,19)20/h3-7H,8-11,13,22H2,1-2H3. The van der Waals surface area contributed by atoms with Gasteiger partial charge in [0.1, 0.15) is 12.1 Å². The molecule has 0 bridgehead atoms. The molecule has 0 unspecified atom stereocenters. The molecule has 0 amide bonds. The van der Waals surface area contributed by atoms with Crippen LogP contribution in [0.2, 0.25) is 0 Å². The van der Waals surface area contributed by atoms with Gasteiger partial charge in [0.05, 0.1) is 6.07 Å². The Morgan fingerprint density at radius 3 is 2.08 bits per heavy atom. The maximum atomic E-state index is 12.7. The van der Waals surface area contributed by atoms with Crippen LogP contribution in [0.4, 0.5) is 13.2 Å². The summed E-state index contributed by atoms with van der Waals surface area (Å²) in [5.74, 6) is 5.66. The number of benzene rings is 1. The topological polar surface area (TPSA) is 56.3 Å². The zero-order valence-corrected chi connectivity index (χ0v) is 14.0. The van der Waals surface area contributed by atoms with Gasteiger partial charge in [0, 0.05) is 5.54 Å². The zero-order chi connectivity index (χ0) is 18.0. The Balaban J connectivity index is 2.25. The highest BCUT2D eigenvalue weighted by molar-refractivity contribution is 5.27. The van der Waals surface area contributed by atoms with Gasteiger partial charge in [-0.2, -0.15) is 18.4 Å². The number of hydrazine groups is 1. The number of halogens is 3. The molecule has 0 atom stereocenters. The lowest BCUT2D eigenvalue weighted by Gasteiger charge is -2.50. The molecule has 0 radical (unpaired) electrons. The fraction of sp³-hybridized carbons (Fsp3) is 0.588. The third-order valence-corrected chi connectivity index (χ3v) is 5.18. The lowest BCUT2D eigenvalue weighted by molar-refractivity contribution is -0.160. The second-order valence-corrected chi connectivity index (χ2v) is 6.68. The van der Waals surface area contributed by atoms with Gasteiger partial charge in [-0.15, -0.1) is 0 Å². The highest BCUT2D eigenvalue weighted by atomic mass is 19.4. The van der Waals surface area contributed by atoms with Gasteiger partial charge < -0.3 is 0 Å². The molecule has 2 N–H and O–H groups in total. The maximum Gasteiger partial charge on any atom is 0.402 e. The minimum atomic E-state index is -4.42. The number of nitrogens with zero attached hydrogens (tertiary/aromatic N) is 3. The van der Waals surface area contributed by atoms with E-state index >= 15 is 0 Å². The Bertz CT molecular complexity index is 584. The first-order chi connectivity index (χ1) is 11.2. The Hall–Kier alpha value is -1.62. The van der Waals surface area contributed by atoms with Crippen LogP contribution >= 0.6 is 0 Å². The molecule has 0 saturated heterocycles. The van der Waals surface area contributed by atoms with E-state index in [0.29, 0.717) is 30.7 Å². The monoisotopic (exact) mass is 340 g/mol. The van der Waals surface area contributed by atoms with Gasteiger partial charge >= 0.3 is 6.18 Å². The first-order valence-electron chi connectivity index (χ1n) is 7.89. The Morgan fingerprint density at radius 2 is 1.67 bits per heavy atom. The van der Waals surface area contributed by atoms with Crippen LogP contribution in [-0.4, -0.2) is 42.3 Å². The molecule has 2 rings (SSSR count). The van der Waals surface area contributed by atoms with E-state index in [1.54, 1.807) is 0 Å². The van der Waals surface area contributed by atoms with Crippen molar-refractivity contribution in [2.75, 3.05) is 20.6 Å². The third kappa shape index (κ3) is 3.56. The molecular weight excluding hydrogens is 317 g/mol. The summed E-state index contributed by atoms with van der Waals surface area (Å²) in [5.41, 5.74) is -0.453. The molecule has 0 aliphatic heterocycles. The Kier molecular flexibility index (Phi) is 5.23. The first-order valence-corrected chi connectivity index (χ1v) is 7.89. The summed E-state index contributed by atoms with van der Waals surface area (Å²) < 4.78 is 38.0. The van der Waals surface area contributed by atoms with E-state index in [9.17, 15) is 18.4 Å². The number of hydrogen-bond donors (Lipinski definition) is 1. The number of alkyl halides is 3. The number of rotatable bonds is 4. The van der Waals surface area contributed by atoms with Gasteiger partial charge in [-0.3, -0.25) is 10.7 Å². The van der Waals surface area contributed by atoms with Crippen LogP contribution in [0.3, 0.4) is 0 Å². The van der Waals surface area contributed by atoms with Gasteiger partial charge in [-0.1, -0.05) is 30.3 Å². The maximum absolute atomic E-state index is 12.7. The van der Waals surface area contributed by atoms with E-state index in [4.69, 9.17) is 5.84 Å². The van der Waals surface area contributed by atoms with Gasteiger partial charge in [0.2, 0.25) is 0 Å². The largest absolute Gasteiger partial charge is 0.402 e. The quantitative estimate of drug-likeness (QED) is 0.676. The smallest absolute Gasteiger partial charge is 0.300 e. The van der Waals surface area contributed by atoms with E-state index < -0.39 is 18.3 Å². The van der Waals surface area contributed by atoms with Crippen LogP contribution in [0.1, 0.15) is 31.2 Å². The van der Waals surface area contributed by atoms with E-state index in [1.807, 2.05) is 44.4 Å². The van der Waals surface area contributed by atoms with Crippen molar-refractivity contribution in [2.45, 2.75) is 42.9 Å². The molecule has 0 heterocycles. The summed E-state index contributed by atoms with van der Waals surface area (Å²) in [4.78, 5) is 2.09. The van der Waals surface area contributed by atoms with Crippen molar-refractivity contribution < 1.29 is 13.2 Å². The molecule has 24 heavy (non-hydrogen) atoms. The Labute approximate surface area is 140 Å².